The smallest absolute Gasteiger partial charge is 0.00892 e. The Kier molecular flexibility index (Phi) is 2.94. The Morgan fingerprint density at radius 3 is 2.27 bits per heavy atom. The Morgan fingerprint density at radius 1 is 1.27 bits per heavy atom. The SMILES string of the molecule is CC1CCC(C(C)N(C)C)C1. The van der Waals surface area contributed by atoms with Crippen molar-refractivity contribution in [2.75, 3.05) is 14.1 Å². The van der Waals surface area contributed by atoms with Crippen molar-refractivity contribution in [2.45, 2.75) is 39.2 Å². The largest absolute Gasteiger partial charge is 0.306 e. The fraction of sp³-hybridized carbons (Fsp3) is 1.00. The minimum atomic E-state index is 0.778. The highest BCUT2D eigenvalue weighted by molar-refractivity contribution is 4.80. The Labute approximate surface area is 70.8 Å². The van der Waals surface area contributed by atoms with Gasteiger partial charge in [0.05, 0.1) is 0 Å². The molecule has 66 valence electrons. The zero-order valence-corrected chi connectivity index (χ0v) is 8.30. The van der Waals surface area contributed by atoms with Gasteiger partial charge in [-0.15, -0.1) is 0 Å². The number of rotatable bonds is 2. The predicted molar refractivity (Wildman–Crippen MR) is 49.7 cm³/mol. The lowest BCUT2D eigenvalue weighted by Gasteiger charge is -2.25. The molecule has 0 radical (unpaired) electrons. The van der Waals surface area contributed by atoms with Crippen molar-refractivity contribution < 1.29 is 0 Å². The minimum absolute atomic E-state index is 0.778. The molecule has 11 heavy (non-hydrogen) atoms. The van der Waals surface area contributed by atoms with Gasteiger partial charge in [-0.25, -0.2) is 0 Å². The van der Waals surface area contributed by atoms with Crippen LogP contribution in [0.4, 0.5) is 0 Å². The third kappa shape index (κ3) is 2.19. The molecule has 0 saturated heterocycles. The quantitative estimate of drug-likeness (QED) is 0.592. The molecule has 0 amide bonds. The van der Waals surface area contributed by atoms with Gasteiger partial charge in [-0.3, -0.25) is 0 Å². The van der Waals surface area contributed by atoms with E-state index in [0.717, 1.165) is 17.9 Å². The molecule has 1 heteroatoms. The van der Waals surface area contributed by atoms with Crippen molar-refractivity contribution >= 4 is 0 Å². The number of hydrogen-bond acceptors (Lipinski definition) is 1. The van der Waals surface area contributed by atoms with E-state index in [1.54, 1.807) is 0 Å². The summed E-state index contributed by atoms with van der Waals surface area (Å²) in [5.74, 6) is 1.93. The molecule has 1 saturated carbocycles. The molecule has 3 unspecified atom stereocenters. The predicted octanol–water partition coefficient (Wildman–Crippen LogP) is 2.37. The average molecular weight is 155 g/mol. The molecule has 1 fully saturated rings. The zero-order valence-electron chi connectivity index (χ0n) is 8.30. The molecule has 0 heterocycles. The van der Waals surface area contributed by atoms with Gasteiger partial charge in [-0.05, 0) is 45.7 Å². The van der Waals surface area contributed by atoms with Gasteiger partial charge in [0.15, 0.2) is 0 Å². The lowest BCUT2D eigenvalue weighted by Crippen LogP contribution is -2.31. The first-order chi connectivity index (χ1) is 5.11. The monoisotopic (exact) mass is 155 g/mol. The summed E-state index contributed by atoms with van der Waals surface area (Å²) in [7, 11) is 4.38. The van der Waals surface area contributed by atoms with E-state index in [0.29, 0.717) is 0 Å². The lowest BCUT2D eigenvalue weighted by atomic mass is 9.98. The van der Waals surface area contributed by atoms with Crippen LogP contribution in [-0.4, -0.2) is 25.0 Å². The third-order valence-electron chi connectivity index (χ3n) is 3.23. The molecule has 3 atom stereocenters. The minimum Gasteiger partial charge on any atom is -0.306 e. The van der Waals surface area contributed by atoms with Crippen molar-refractivity contribution in [3.63, 3.8) is 0 Å². The summed E-state index contributed by atoms with van der Waals surface area (Å²) >= 11 is 0. The highest BCUT2D eigenvalue weighted by Gasteiger charge is 2.26. The average Bonchev–Trinajstić information content (AvgIpc) is 2.34. The van der Waals surface area contributed by atoms with Gasteiger partial charge >= 0.3 is 0 Å². The molecule has 1 rings (SSSR count). The van der Waals surface area contributed by atoms with Crippen LogP contribution in [0.5, 0.6) is 0 Å². The normalized spacial score (nSPS) is 34.6. The lowest BCUT2D eigenvalue weighted by molar-refractivity contribution is 0.226. The van der Waals surface area contributed by atoms with Crippen LogP contribution >= 0.6 is 0 Å². The van der Waals surface area contributed by atoms with Crippen molar-refractivity contribution in [1.82, 2.24) is 4.90 Å². The Hall–Kier alpha value is -0.0400. The van der Waals surface area contributed by atoms with Crippen LogP contribution < -0.4 is 0 Å². The first kappa shape index (κ1) is 9.05. The Bertz CT molecular complexity index is 120. The Balaban J connectivity index is 2.36. The zero-order chi connectivity index (χ0) is 8.43. The Morgan fingerprint density at radius 2 is 1.91 bits per heavy atom. The summed E-state index contributed by atoms with van der Waals surface area (Å²) in [5.41, 5.74) is 0. The molecule has 1 aliphatic carbocycles. The van der Waals surface area contributed by atoms with Crippen LogP contribution in [-0.2, 0) is 0 Å². The summed E-state index contributed by atoms with van der Waals surface area (Å²) in [5, 5.41) is 0. The second-order valence-electron chi connectivity index (χ2n) is 4.38. The van der Waals surface area contributed by atoms with Crippen LogP contribution in [0, 0.1) is 11.8 Å². The van der Waals surface area contributed by atoms with E-state index in [-0.39, 0.29) is 0 Å². The highest BCUT2D eigenvalue weighted by atomic mass is 15.1. The number of hydrogen-bond donors (Lipinski definition) is 0. The van der Waals surface area contributed by atoms with E-state index >= 15 is 0 Å². The second-order valence-corrected chi connectivity index (χ2v) is 4.38. The highest BCUT2D eigenvalue weighted by Crippen LogP contribution is 2.33. The molecule has 0 spiro atoms. The standard InChI is InChI=1S/C10H21N/c1-8-5-6-10(7-8)9(2)11(3)4/h8-10H,5-7H2,1-4H3. The summed E-state index contributed by atoms with van der Waals surface area (Å²) in [6.07, 6.45) is 4.34. The summed E-state index contributed by atoms with van der Waals surface area (Å²) < 4.78 is 0. The van der Waals surface area contributed by atoms with Crippen LogP contribution in [0.25, 0.3) is 0 Å². The van der Waals surface area contributed by atoms with Gasteiger partial charge in [0, 0.05) is 6.04 Å². The van der Waals surface area contributed by atoms with E-state index in [2.05, 4.69) is 32.8 Å². The maximum Gasteiger partial charge on any atom is 0.00892 e. The summed E-state index contributed by atoms with van der Waals surface area (Å²) in [6.45, 7) is 4.73. The van der Waals surface area contributed by atoms with Crippen LogP contribution in [0.1, 0.15) is 33.1 Å². The van der Waals surface area contributed by atoms with E-state index in [1.165, 1.54) is 19.3 Å². The molecular weight excluding hydrogens is 134 g/mol. The van der Waals surface area contributed by atoms with Gasteiger partial charge in [0.25, 0.3) is 0 Å². The molecule has 0 aromatic carbocycles. The first-order valence-corrected chi connectivity index (χ1v) is 4.77. The van der Waals surface area contributed by atoms with Gasteiger partial charge < -0.3 is 4.90 Å². The first-order valence-electron chi connectivity index (χ1n) is 4.77. The van der Waals surface area contributed by atoms with Crippen molar-refractivity contribution in [2.24, 2.45) is 11.8 Å². The van der Waals surface area contributed by atoms with Gasteiger partial charge in [0.2, 0.25) is 0 Å². The fourth-order valence-corrected chi connectivity index (χ4v) is 2.11. The molecule has 1 aliphatic rings. The van der Waals surface area contributed by atoms with Crippen LogP contribution in [0.2, 0.25) is 0 Å². The molecule has 0 aliphatic heterocycles. The second kappa shape index (κ2) is 3.57. The summed E-state index contributed by atoms with van der Waals surface area (Å²) in [6, 6.07) is 0.778. The van der Waals surface area contributed by atoms with Crippen LogP contribution in [0.15, 0.2) is 0 Å². The third-order valence-corrected chi connectivity index (χ3v) is 3.23. The molecule has 0 N–H and O–H groups in total. The maximum atomic E-state index is 2.38. The van der Waals surface area contributed by atoms with E-state index in [1.807, 2.05) is 0 Å². The topological polar surface area (TPSA) is 3.24 Å². The van der Waals surface area contributed by atoms with Crippen molar-refractivity contribution in [3.8, 4) is 0 Å². The summed E-state index contributed by atoms with van der Waals surface area (Å²) in [4.78, 5) is 2.35. The molecule has 0 aromatic heterocycles. The molecule has 0 bridgehead atoms. The molecular formula is C10H21N. The fourth-order valence-electron chi connectivity index (χ4n) is 2.11. The van der Waals surface area contributed by atoms with E-state index in [4.69, 9.17) is 0 Å². The van der Waals surface area contributed by atoms with Crippen molar-refractivity contribution in [1.29, 1.82) is 0 Å². The van der Waals surface area contributed by atoms with Gasteiger partial charge in [-0.1, -0.05) is 13.3 Å². The van der Waals surface area contributed by atoms with Gasteiger partial charge in [0.1, 0.15) is 0 Å². The van der Waals surface area contributed by atoms with Gasteiger partial charge in [-0.2, -0.15) is 0 Å². The van der Waals surface area contributed by atoms with E-state index < -0.39 is 0 Å². The maximum absolute atomic E-state index is 2.38. The van der Waals surface area contributed by atoms with Crippen molar-refractivity contribution in [3.05, 3.63) is 0 Å². The molecule has 0 aromatic rings. The van der Waals surface area contributed by atoms with E-state index in [9.17, 15) is 0 Å². The number of nitrogens with zero attached hydrogens (tertiary/aromatic N) is 1. The molecule has 1 nitrogen and oxygen atoms in total. The van der Waals surface area contributed by atoms with Crippen LogP contribution in [0.3, 0.4) is 0 Å².